The SMILES string of the molecule is CCCCCCCCCCCC(=O)N(CCCCC(N)C(=O)O)C(=O)CCCCCCCCCCC. The molecule has 0 spiro atoms. The highest BCUT2D eigenvalue weighted by atomic mass is 16.4. The molecule has 1 atom stereocenters. The normalized spacial score (nSPS) is 12.0. The Labute approximate surface area is 222 Å². The molecule has 0 aromatic heterocycles. The largest absolute Gasteiger partial charge is 0.480 e. The average molecular weight is 511 g/mol. The fraction of sp³-hybridized carbons (Fsp3) is 0.900. The van der Waals surface area contributed by atoms with Gasteiger partial charge in [-0.2, -0.15) is 0 Å². The maximum atomic E-state index is 12.9. The number of amides is 2. The van der Waals surface area contributed by atoms with E-state index in [0.717, 1.165) is 38.5 Å². The molecule has 6 heteroatoms. The van der Waals surface area contributed by atoms with Crippen LogP contribution in [0.5, 0.6) is 0 Å². The van der Waals surface area contributed by atoms with Gasteiger partial charge in [0.15, 0.2) is 0 Å². The van der Waals surface area contributed by atoms with Crippen molar-refractivity contribution in [2.45, 2.75) is 168 Å². The summed E-state index contributed by atoms with van der Waals surface area (Å²) >= 11 is 0. The molecule has 212 valence electrons. The van der Waals surface area contributed by atoms with E-state index in [4.69, 9.17) is 10.8 Å². The number of carboxylic acids is 1. The lowest BCUT2D eigenvalue weighted by atomic mass is 10.1. The van der Waals surface area contributed by atoms with Gasteiger partial charge in [0.1, 0.15) is 6.04 Å². The van der Waals surface area contributed by atoms with Crippen molar-refractivity contribution in [3.8, 4) is 0 Å². The van der Waals surface area contributed by atoms with Gasteiger partial charge in [0.25, 0.3) is 0 Å². The highest BCUT2D eigenvalue weighted by molar-refractivity contribution is 5.95. The predicted molar refractivity (Wildman–Crippen MR) is 150 cm³/mol. The third kappa shape index (κ3) is 20.7. The minimum Gasteiger partial charge on any atom is -0.480 e. The van der Waals surface area contributed by atoms with Crippen LogP contribution in [0.1, 0.15) is 162 Å². The minimum absolute atomic E-state index is 0.0681. The summed E-state index contributed by atoms with van der Waals surface area (Å²) < 4.78 is 0. The second-order valence-electron chi connectivity index (χ2n) is 10.5. The molecule has 0 aromatic rings. The van der Waals surface area contributed by atoms with Crippen molar-refractivity contribution in [3.63, 3.8) is 0 Å². The Hall–Kier alpha value is -1.43. The molecule has 0 bridgehead atoms. The predicted octanol–water partition coefficient (Wildman–Crippen LogP) is 7.77. The Morgan fingerprint density at radius 3 is 1.31 bits per heavy atom. The molecular formula is C30H58N2O4. The number of hydrogen-bond acceptors (Lipinski definition) is 4. The first-order chi connectivity index (χ1) is 17.4. The van der Waals surface area contributed by atoms with Crippen molar-refractivity contribution in [3.05, 3.63) is 0 Å². The minimum atomic E-state index is -1.00. The summed E-state index contributed by atoms with van der Waals surface area (Å²) in [4.78, 5) is 38.1. The molecule has 0 rings (SSSR count). The number of carboxylic acid groups (broad SMARTS) is 1. The Morgan fingerprint density at radius 1 is 0.583 bits per heavy atom. The average Bonchev–Trinajstić information content (AvgIpc) is 2.86. The lowest BCUT2D eigenvalue weighted by Crippen LogP contribution is -2.37. The van der Waals surface area contributed by atoms with Crippen LogP contribution in [0.4, 0.5) is 0 Å². The number of carbonyl (C=O) groups excluding carboxylic acids is 2. The van der Waals surface area contributed by atoms with Gasteiger partial charge in [0, 0.05) is 19.4 Å². The number of aliphatic carboxylic acids is 1. The van der Waals surface area contributed by atoms with Gasteiger partial charge < -0.3 is 10.8 Å². The van der Waals surface area contributed by atoms with Crippen molar-refractivity contribution in [2.24, 2.45) is 5.73 Å². The van der Waals surface area contributed by atoms with Crippen LogP contribution >= 0.6 is 0 Å². The molecule has 0 radical (unpaired) electrons. The highest BCUT2D eigenvalue weighted by Gasteiger charge is 2.20. The first-order valence-electron chi connectivity index (χ1n) is 15.3. The topological polar surface area (TPSA) is 101 Å². The maximum absolute atomic E-state index is 12.9. The number of nitrogens with two attached hydrogens (primary N) is 1. The molecular weight excluding hydrogens is 452 g/mol. The molecule has 0 saturated heterocycles. The summed E-state index contributed by atoms with van der Waals surface area (Å²) in [5, 5.41) is 8.95. The molecule has 0 saturated carbocycles. The first-order valence-corrected chi connectivity index (χ1v) is 15.3. The molecule has 0 aliphatic heterocycles. The van der Waals surface area contributed by atoms with Crippen molar-refractivity contribution < 1.29 is 19.5 Å². The number of hydrogen-bond donors (Lipinski definition) is 2. The third-order valence-electron chi connectivity index (χ3n) is 7.05. The number of rotatable bonds is 26. The second-order valence-corrected chi connectivity index (χ2v) is 10.5. The van der Waals surface area contributed by atoms with Crippen LogP contribution in [0.25, 0.3) is 0 Å². The smallest absolute Gasteiger partial charge is 0.320 e. The molecule has 0 aromatic carbocycles. The van der Waals surface area contributed by atoms with E-state index >= 15 is 0 Å². The molecule has 36 heavy (non-hydrogen) atoms. The third-order valence-corrected chi connectivity index (χ3v) is 7.05. The Balaban J connectivity index is 4.32. The van der Waals surface area contributed by atoms with Crippen LogP contribution in [0.15, 0.2) is 0 Å². The van der Waals surface area contributed by atoms with E-state index < -0.39 is 12.0 Å². The van der Waals surface area contributed by atoms with E-state index in [-0.39, 0.29) is 11.8 Å². The summed E-state index contributed by atoms with van der Waals surface area (Å²) in [6.45, 7) is 4.83. The summed E-state index contributed by atoms with van der Waals surface area (Å²) in [6, 6.07) is -0.881. The van der Waals surface area contributed by atoms with Gasteiger partial charge in [-0.05, 0) is 32.1 Å². The number of imide groups is 1. The summed E-state index contributed by atoms with van der Waals surface area (Å²) in [5.74, 6) is -1.14. The van der Waals surface area contributed by atoms with Crippen molar-refractivity contribution in [1.29, 1.82) is 0 Å². The molecule has 0 aliphatic carbocycles. The molecule has 0 fully saturated rings. The van der Waals surface area contributed by atoms with Crippen LogP contribution in [0, 0.1) is 0 Å². The molecule has 6 nitrogen and oxygen atoms in total. The van der Waals surface area contributed by atoms with Crippen LogP contribution in [-0.2, 0) is 14.4 Å². The highest BCUT2D eigenvalue weighted by Crippen LogP contribution is 2.15. The van der Waals surface area contributed by atoms with Crippen LogP contribution < -0.4 is 5.73 Å². The number of nitrogens with zero attached hydrogens (tertiary/aromatic N) is 1. The fourth-order valence-electron chi connectivity index (χ4n) is 4.59. The summed E-state index contributed by atoms with van der Waals surface area (Å²) in [5.41, 5.74) is 5.58. The van der Waals surface area contributed by atoms with Gasteiger partial charge >= 0.3 is 5.97 Å². The zero-order valence-corrected chi connectivity index (χ0v) is 23.7. The van der Waals surface area contributed by atoms with E-state index in [9.17, 15) is 14.4 Å². The van der Waals surface area contributed by atoms with Gasteiger partial charge in [-0.15, -0.1) is 0 Å². The monoisotopic (exact) mass is 510 g/mol. The molecule has 2 amide bonds. The second kappa shape index (κ2) is 25.2. The van der Waals surface area contributed by atoms with Gasteiger partial charge in [-0.25, -0.2) is 0 Å². The van der Waals surface area contributed by atoms with Crippen LogP contribution in [-0.4, -0.2) is 40.4 Å². The van der Waals surface area contributed by atoms with Gasteiger partial charge in [0.2, 0.25) is 11.8 Å². The standard InChI is InChI=1S/C30H58N2O4/c1-3-5-7-9-11-13-15-17-19-24-28(33)32(26-22-21-23-27(31)30(35)36)29(34)25-20-18-16-14-12-10-8-6-4-2/h27H,3-26,31H2,1-2H3,(H,35,36). The maximum Gasteiger partial charge on any atom is 0.320 e. The molecule has 0 aliphatic rings. The fourth-order valence-corrected chi connectivity index (χ4v) is 4.59. The van der Waals surface area contributed by atoms with Crippen LogP contribution in [0.3, 0.4) is 0 Å². The number of unbranched alkanes of at least 4 members (excludes halogenated alkanes) is 17. The first kappa shape index (κ1) is 34.6. The van der Waals surface area contributed by atoms with E-state index in [2.05, 4.69) is 13.8 Å². The lowest BCUT2D eigenvalue weighted by Gasteiger charge is -2.21. The zero-order valence-electron chi connectivity index (χ0n) is 23.7. The lowest BCUT2D eigenvalue weighted by molar-refractivity contribution is -0.145. The van der Waals surface area contributed by atoms with Crippen LogP contribution in [0.2, 0.25) is 0 Å². The van der Waals surface area contributed by atoms with E-state index in [1.54, 1.807) is 0 Å². The van der Waals surface area contributed by atoms with Crippen molar-refractivity contribution in [1.82, 2.24) is 4.90 Å². The van der Waals surface area contributed by atoms with Gasteiger partial charge in [0.05, 0.1) is 0 Å². The zero-order chi connectivity index (χ0) is 26.9. The molecule has 3 N–H and O–H groups in total. The Kier molecular flexibility index (Phi) is 24.2. The van der Waals surface area contributed by atoms with Crippen molar-refractivity contribution in [2.75, 3.05) is 6.54 Å². The molecule has 0 heterocycles. The van der Waals surface area contributed by atoms with E-state index in [1.807, 2.05) is 0 Å². The molecule has 1 unspecified atom stereocenters. The Morgan fingerprint density at radius 2 is 0.944 bits per heavy atom. The quantitative estimate of drug-likeness (QED) is 0.116. The van der Waals surface area contributed by atoms with E-state index in [1.165, 1.54) is 81.9 Å². The van der Waals surface area contributed by atoms with E-state index in [0.29, 0.717) is 38.6 Å². The summed E-state index contributed by atoms with van der Waals surface area (Å²) in [7, 11) is 0. The van der Waals surface area contributed by atoms with Crippen molar-refractivity contribution >= 4 is 17.8 Å². The summed E-state index contributed by atoms with van der Waals surface area (Å²) in [6.07, 6.45) is 23.9. The Bertz CT molecular complexity index is 519. The van der Waals surface area contributed by atoms with Gasteiger partial charge in [-0.3, -0.25) is 19.3 Å². The van der Waals surface area contributed by atoms with Gasteiger partial charge in [-0.1, -0.05) is 117 Å². The number of carbonyl (C=O) groups is 3.